The maximum atomic E-state index is 12.6. The van der Waals surface area contributed by atoms with E-state index in [-0.39, 0.29) is 5.56 Å². The first-order valence-electron chi connectivity index (χ1n) is 8.05. The average Bonchev–Trinajstić information content (AvgIpc) is 2.55. The van der Waals surface area contributed by atoms with Gasteiger partial charge in [-0.05, 0) is 43.3 Å². The fourth-order valence-corrected chi connectivity index (χ4v) is 3.60. The van der Waals surface area contributed by atoms with Crippen LogP contribution in [0.4, 0.5) is 0 Å². The third-order valence-electron chi connectivity index (χ3n) is 4.87. The minimum atomic E-state index is 0.129. The van der Waals surface area contributed by atoms with Crippen molar-refractivity contribution < 1.29 is 0 Å². The zero-order valence-electron chi connectivity index (χ0n) is 12.7. The van der Waals surface area contributed by atoms with Crippen LogP contribution in [-0.4, -0.2) is 17.7 Å². The minimum Gasteiger partial charge on any atom is -0.315 e. The molecule has 0 spiro atoms. The normalized spacial score (nSPS) is 18.0. The van der Waals surface area contributed by atoms with Gasteiger partial charge in [0.25, 0.3) is 5.56 Å². The molecule has 0 aliphatic heterocycles. The lowest BCUT2D eigenvalue weighted by molar-refractivity contribution is 0.256. The van der Waals surface area contributed by atoms with Crippen LogP contribution >= 0.6 is 0 Å². The Morgan fingerprint density at radius 2 is 1.95 bits per heavy atom. The van der Waals surface area contributed by atoms with Crippen molar-refractivity contribution in [1.29, 1.82) is 0 Å². The van der Waals surface area contributed by atoms with Crippen LogP contribution in [0.2, 0.25) is 0 Å². The van der Waals surface area contributed by atoms with Gasteiger partial charge in [-0.3, -0.25) is 4.79 Å². The molecule has 1 N–H and O–H groups in total. The number of likely N-dealkylation sites (N-methyl/N-ethyl adjacent to an activating group) is 1. The largest absolute Gasteiger partial charge is 0.315 e. The summed E-state index contributed by atoms with van der Waals surface area (Å²) in [4.78, 5) is 12.6. The van der Waals surface area contributed by atoms with Crippen LogP contribution in [-0.2, 0) is 6.54 Å². The third-order valence-corrected chi connectivity index (χ3v) is 4.87. The van der Waals surface area contributed by atoms with Crippen molar-refractivity contribution in [3.8, 4) is 0 Å². The first kappa shape index (κ1) is 14.3. The minimum absolute atomic E-state index is 0.129. The Morgan fingerprint density at radius 1 is 1.19 bits per heavy atom. The third kappa shape index (κ3) is 3.03. The molecule has 3 nitrogen and oxygen atoms in total. The zero-order chi connectivity index (χ0) is 14.7. The van der Waals surface area contributed by atoms with Gasteiger partial charge in [-0.25, -0.2) is 0 Å². The van der Waals surface area contributed by atoms with Crippen LogP contribution in [0.3, 0.4) is 0 Å². The van der Waals surface area contributed by atoms with Gasteiger partial charge in [0, 0.05) is 24.2 Å². The predicted molar refractivity (Wildman–Crippen MR) is 87.6 cm³/mol. The Kier molecular flexibility index (Phi) is 4.39. The van der Waals surface area contributed by atoms with E-state index in [1.54, 1.807) is 0 Å². The molecule has 1 fully saturated rings. The van der Waals surface area contributed by atoms with Crippen LogP contribution in [0.1, 0.15) is 32.1 Å². The van der Waals surface area contributed by atoms with Crippen molar-refractivity contribution in [2.45, 2.75) is 44.7 Å². The molecular weight excluding hydrogens is 260 g/mol. The lowest BCUT2D eigenvalue weighted by Gasteiger charge is -2.30. The first-order valence-corrected chi connectivity index (χ1v) is 8.05. The van der Waals surface area contributed by atoms with Gasteiger partial charge in [0.1, 0.15) is 0 Å². The number of fused-ring (bicyclic) bond motifs is 1. The average molecular weight is 284 g/mol. The number of hydrogen-bond donors (Lipinski definition) is 1. The number of pyridine rings is 1. The molecule has 0 bridgehead atoms. The van der Waals surface area contributed by atoms with Gasteiger partial charge in [0.05, 0.1) is 0 Å². The second-order valence-corrected chi connectivity index (χ2v) is 6.15. The molecule has 0 radical (unpaired) electrons. The van der Waals surface area contributed by atoms with Crippen molar-refractivity contribution in [3.63, 3.8) is 0 Å². The van der Waals surface area contributed by atoms with E-state index < -0.39 is 0 Å². The van der Waals surface area contributed by atoms with E-state index in [1.165, 1.54) is 32.1 Å². The van der Waals surface area contributed by atoms with Crippen LogP contribution < -0.4 is 10.9 Å². The number of nitrogens with zero attached hydrogens (tertiary/aromatic N) is 1. The highest BCUT2D eigenvalue weighted by molar-refractivity contribution is 5.81. The van der Waals surface area contributed by atoms with Crippen molar-refractivity contribution >= 4 is 10.8 Å². The molecule has 1 aliphatic rings. The first-order chi connectivity index (χ1) is 10.3. The molecule has 0 amide bonds. The zero-order valence-corrected chi connectivity index (χ0v) is 12.7. The molecule has 1 heterocycles. The molecule has 3 rings (SSSR count). The van der Waals surface area contributed by atoms with Gasteiger partial charge in [0.2, 0.25) is 0 Å². The summed E-state index contributed by atoms with van der Waals surface area (Å²) in [6, 6.07) is 10.3. The molecule has 0 saturated heterocycles. The summed E-state index contributed by atoms with van der Waals surface area (Å²) in [6.07, 6.45) is 8.54. The van der Waals surface area contributed by atoms with Crippen LogP contribution in [0.5, 0.6) is 0 Å². The topological polar surface area (TPSA) is 34.0 Å². The summed E-state index contributed by atoms with van der Waals surface area (Å²) in [5.74, 6) is 0.696. The van der Waals surface area contributed by atoms with E-state index in [4.69, 9.17) is 0 Å². The van der Waals surface area contributed by atoms with Gasteiger partial charge in [-0.1, -0.05) is 37.5 Å². The van der Waals surface area contributed by atoms with E-state index in [9.17, 15) is 4.79 Å². The maximum Gasteiger partial charge on any atom is 0.258 e. The monoisotopic (exact) mass is 284 g/mol. The van der Waals surface area contributed by atoms with Crippen LogP contribution in [0.25, 0.3) is 10.8 Å². The lowest BCUT2D eigenvalue weighted by Crippen LogP contribution is -2.40. The van der Waals surface area contributed by atoms with Gasteiger partial charge >= 0.3 is 0 Å². The van der Waals surface area contributed by atoms with E-state index in [0.717, 1.165) is 17.3 Å². The van der Waals surface area contributed by atoms with Crippen LogP contribution in [0.15, 0.2) is 41.3 Å². The maximum absolute atomic E-state index is 12.6. The lowest BCUT2D eigenvalue weighted by atomic mass is 9.84. The molecule has 1 saturated carbocycles. The van der Waals surface area contributed by atoms with E-state index in [2.05, 4.69) is 5.32 Å². The summed E-state index contributed by atoms with van der Waals surface area (Å²) in [5.41, 5.74) is 0.129. The highest BCUT2D eigenvalue weighted by atomic mass is 16.1. The predicted octanol–water partition coefficient (Wildman–Crippen LogP) is 3.17. The van der Waals surface area contributed by atoms with Crippen molar-refractivity contribution in [2.24, 2.45) is 5.92 Å². The van der Waals surface area contributed by atoms with Gasteiger partial charge < -0.3 is 9.88 Å². The molecule has 1 aliphatic carbocycles. The number of nitrogens with one attached hydrogen (secondary N) is 1. The number of benzene rings is 1. The van der Waals surface area contributed by atoms with E-state index >= 15 is 0 Å². The number of rotatable bonds is 4. The fourth-order valence-electron chi connectivity index (χ4n) is 3.60. The summed E-state index contributed by atoms with van der Waals surface area (Å²) in [6.45, 7) is 0.769. The fraction of sp³-hybridized carbons (Fsp3) is 0.500. The van der Waals surface area contributed by atoms with Crippen molar-refractivity contribution in [2.75, 3.05) is 7.05 Å². The Labute approximate surface area is 126 Å². The quantitative estimate of drug-likeness (QED) is 0.935. The number of aromatic nitrogens is 1. The molecule has 1 unspecified atom stereocenters. The van der Waals surface area contributed by atoms with Crippen LogP contribution in [0, 0.1) is 5.92 Å². The molecule has 21 heavy (non-hydrogen) atoms. The van der Waals surface area contributed by atoms with E-state index in [0.29, 0.717) is 12.0 Å². The molecule has 112 valence electrons. The Hall–Kier alpha value is -1.61. The standard InChI is InChI=1S/C18H24N2O/c1-19-17(15-8-3-2-4-9-15)13-20-12-11-14-7-5-6-10-16(14)18(20)21/h5-7,10-12,15,17,19H,2-4,8-9,13H2,1H3. The Bertz CT molecular complexity index is 656. The SMILES string of the molecule is CNC(Cn1ccc2ccccc2c1=O)C1CCCCC1. The molecule has 1 aromatic heterocycles. The highest BCUT2D eigenvalue weighted by Crippen LogP contribution is 2.27. The van der Waals surface area contributed by atoms with Crippen molar-refractivity contribution in [3.05, 3.63) is 46.9 Å². The van der Waals surface area contributed by atoms with Gasteiger partial charge in [0.15, 0.2) is 0 Å². The summed E-state index contributed by atoms with van der Waals surface area (Å²) >= 11 is 0. The second kappa shape index (κ2) is 6.44. The Balaban J connectivity index is 1.86. The molecule has 3 heteroatoms. The summed E-state index contributed by atoms with van der Waals surface area (Å²) in [7, 11) is 2.02. The molecule has 1 atom stereocenters. The van der Waals surface area contributed by atoms with Crippen molar-refractivity contribution in [1.82, 2.24) is 9.88 Å². The summed E-state index contributed by atoms with van der Waals surface area (Å²) in [5, 5.41) is 5.28. The molecule has 2 aromatic rings. The Morgan fingerprint density at radius 3 is 2.71 bits per heavy atom. The molecular formula is C18H24N2O. The smallest absolute Gasteiger partial charge is 0.258 e. The highest BCUT2D eigenvalue weighted by Gasteiger charge is 2.23. The molecule has 1 aromatic carbocycles. The number of hydrogen-bond acceptors (Lipinski definition) is 2. The second-order valence-electron chi connectivity index (χ2n) is 6.15. The van der Waals surface area contributed by atoms with E-state index in [1.807, 2.05) is 48.1 Å². The van der Waals surface area contributed by atoms with Gasteiger partial charge in [-0.15, -0.1) is 0 Å². The summed E-state index contributed by atoms with van der Waals surface area (Å²) < 4.78 is 1.87. The van der Waals surface area contributed by atoms with Gasteiger partial charge in [-0.2, -0.15) is 0 Å².